The first-order chi connectivity index (χ1) is 18.9. The number of aryl methyl sites for hydroxylation is 2. The topological polar surface area (TPSA) is 124 Å². The van der Waals surface area contributed by atoms with E-state index in [4.69, 9.17) is 19.3 Å². The molecule has 0 atom stereocenters. The van der Waals surface area contributed by atoms with E-state index in [0.717, 1.165) is 22.6 Å². The Kier molecular flexibility index (Phi) is 9.01. The van der Waals surface area contributed by atoms with E-state index in [-0.39, 0.29) is 24.8 Å². The minimum Gasteiger partial charge on any atom is -0.497 e. The van der Waals surface area contributed by atoms with Gasteiger partial charge in [-0.1, -0.05) is 24.3 Å². The van der Waals surface area contributed by atoms with Crippen LogP contribution in [0.5, 0.6) is 11.5 Å². The predicted octanol–water partition coefficient (Wildman–Crippen LogP) is 4.02. The number of rotatable bonds is 12. The van der Waals surface area contributed by atoms with Crippen molar-refractivity contribution in [3.8, 4) is 11.5 Å². The highest BCUT2D eigenvalue weighted by Gasteiger charge is 2.25. The molecule has 0 aliphatic rings. The van der Waals surface area contributed by atoms with Crippen molar-refractivity contribution >= 4 is 34.3 Å². The number of anilines is 2. The van der Waals surface area contributed by atoms with Gasteiger partial charge < -0.3 is 34.5 Å². The summed E-state index contributed by atoms with van der Waals surface area (Å²) in [6, 6.07) is 17.1. The number of ether oxygens (including phenoxy) is 3. The highest BCUT2D eigenvalue weighted by atomic mass is 16.5. The zero-order chi connectivity index (χ0) is 27.8. The first kappa shape index (κ1) is 27.5. The molecule has 204 valence electrons. The number of aliphatic hydroxyl groups is 1. The molecule has 2 heterocycles. The van der Waals surface area contributed by atoms with Gasteiger partial charge in [-0.2, -0.15) is 0 Å². The van der Waals surface area contributed by atoms with E-state index in [0.29, 0.717) is 42.0 Å². The van der Waals surface area contributed by atoms with Crippen molar-refractivity contribution in [1.82, 2.24) is 9.55 Å². The molecule has 0 aliphatic heterocycles. The van der Waals surface area contributed by atoms with Gasteiger partial charge in [0.2, 0.25) is 5.91 Å². The predicted molar refractivity (Wildman–Crippen MR) is 148 cm³/mol. The van der Waals surface area contributed by atoms with Crippen molar-refractivity contribution in [1.29, 1.82) is 0 Å². The van der Waals surface area contributed by atoms with E-state index in [1.807, 2.05) is 54.6 Å². The normalized spacial score (nSPS) is 10.8. The van der Waals surface area contributed by atoms with Crippen molar-refractivity contribution < 1.29 is 28.9 Å². The molecule has 1 amide bonds. The summed E-state index contributed by atoms with van der Waals surface area (Å²) < 4.78 is 17.5. The molecule has 0 spiro atoms. The second-order valence-electron chi connectivity index (χ2n) is 8.81. The van der Waals surface area contributed by atoms with Gasteiger partial charge in [0.15, 0.2) is 5.69 Å². The quantitative estimate of drug-likeness (QED) is 0.234. The molecular formula is C29H32N4O6. The molecular weight excluding hydrogens is 500 g/mol. The molecule has 0 bridgehead atoms. The van der Waals surface area contributed by atoms with Gasteiger partial charge in [-0.15, -0.1) is 0 Å². The van der Waals surface area contributed by atoms with E-state index in [9.17, 15) is 9.59 Å². The van der Waals surface area contributed by atoms with Crippen molar-refractivity contribution in [3.05, 3.63) is 77.6 Å². The van der Waals surface area contributed by atoms with E-state index in [1.165, 1.54) is 14.0 Å². The largest absolute Gasteiger partial charge is 0.497 e. The summed E-state index contributed by atoms with van der Waals surface area (Å²) >= 11 is 0. The van der Waals surface area contributed by atoms with E-state index in [2.05, 4.69) is 15.6 Å². The van der Waals surface area contributed by atoms with Gasteiger partial charge in [-0.25, -0.2) is 9.78 Å². The molecule has 2 aromatic carbocycles. The van der Waals surface area contributed by atoms with E-state index in [1.54, 1.807) is 17.9 Å². The Bertz CT molecular complexity index is 1430. The summed E-state index contributed by atoms with van der Waals surface area (Å²) in [6.07, 6.45) is 2.32. The average Bonchev–Trinajstić information content (AvgIpc) is 3.25. The van der Waals surface area contributed by atoms with Crippen LogP contribution < -0.4 is 20.1 Å². The van der Waals surface area contributed by atoms with Crippen LogP contribution in [0.1, 0.15) is 28.5 Å². The number of hydrogen-bond donors (Lipinski definition) is 3. The Morgan fingerprint density at radius 2 is 1.69 bits per heavy atom. The maximum absolute atomic E-state index is 12.9. The molecule has 3 N–H and O–H groups in total. The molecule has 2 aromatic heterocycles. The Balaban J connectivity index is 1.63. The van der Waals surface area contributed by atoms with Crippen LogP contribution in [0.3, 0.4) is 0 Å². The molecule has 0 aliphatic carbocycles. The van der Waals surface area contributed by atoms with Crippen LogP contribution in [0, 0.1) is 0 Å². The summed E-state index contributed by atoms with van der Waals surface area (Å²) in [6.45, 7) is 2.56. The van der Waals surface area contributed by atoms with Crippen molar-refractivity contribution in [2.24, 2.45) is 0 Å². The lowest BCUT2D eigenvalue weighted by Gasteiger charge is -2.11. The Hall–Kier alpha value is -4.57. The first-order valence-corrected chi connectivity index (χ1v) is 12.5. The lowest BCUT2D eigenvalue weighted by molar-refractivity contribution is -0.114. The number of esters is 1. The van der Waals surface area contributed by atoms with E-state index < -0.39 is 5.97 Å². The second-order valence-corrected chi connectivity index (χ2v) is 8.81. The number of aromatic nitrogens is 2. The maximum atomic E-state index is 12.9. The van der Waals surface area contributed by atoms with Crippen LogP contribution in [0.4, 0.5) is 11.4 Å². The monoisotopic (exact) mass is 532 g/mol. The summed E-state index contributed by atoms with van der Waals surface area (Å²) in [4.78, 5) is 29.7. The van der Waals surface area contributed by atoms with Crippen molar-refractivity contribution in [2.75, 3.05) is 38.1 Å². The van der Waals surface area contributed by atoms with Crippen molar-refractivity contribution in [3.63, 3.8) is 0 Å². The highest BCUT2D eigenvalue weighted by Crippen LogP contribution is 2.33. The molecule has 4 aromatic rings. The lowest BCUT2D eigenvalue weighted by atomic mass is 10.1. The van der Waals surface area contributed by atoms with Crippen LogP contribution in [-0.2, 0) is 29.0 Å². The van der Waals surface area contributed by atoms with Crippen LogP contribution in [0.15, 0.2) is 60.8 Å². The summed E-state index contributed by atoms with van der Waals surface area (Å²) in [5.74, 6) is 0.573. The number of carbonyl (C=O) groups excluding carboxylic acids is 2. The average molecular weight is 533 g/mol. The zero-order valence-corrected chi connectivity index (χ0v) is 22.2. The first-order valence-electron chi connectivity index (χ1n) is 12.5. The number of nitrogens with one attached hydrogen (secondary N) is 2. The fourth-order valence-electron chi connectivity index (χ4n) is 4.26. The number of pyridine rings is 1. The maximum Gasteiger partial charge on any atom is 0.356 e. The number of hydrogen-bond acceptors (Lipinski definition) is 8. The van der Waals surface area contributed by atoms with Gasteiger partial charge in [0.1, 0.15) is 23.8 Å². The number of nitrogens with zero attached hydrogens (tertiary/aromatic N) is 2. The van der Waals surface area contributed by atoms with Crippen LogP contribution in [-0.4, -0.2) is 54.0 Å². The fourth-order valence-corrected chi connectivity index (χ4v) is 4.26. The number of fused-ring (bicyclic) bond motifs is 1. The van der Waals surface area contributed by atoms with Crippen LogP contribution in [0.25, 0.3) is 11.0 Å². The Labute approximate surface area is 226 Å². The molecule has 39 heavy (non-hydrogen) atoms. The third-order valence-electron chi connectivity index (χ3n) is 6.14. The molecule has 0 saturated heterocycles. The SMILES string of the molecule is COC(=O)c1c(NC(C)=O)c2cc(NCc3ccc(OCCO)cc3)cnc2n1CCc1ccc(OC)cc1. The van der Waals surface area contributed by atoms with Crippen molar-refractivity contribution in [2.45, 2.75) is 26.4 Å². The summed E-state index contributed by atoms with van der Waals surface area (Å²) in [5, 5.41) is 15.7. The molecule has 10 heteroatoms. The number of benzene rings is 2. The smallest absolute Gasteiger partial charge is 0.356 e. The molecule has 0 saturated carbocycles. The Morgan fingerprint density at radius 1 is 1.00 bits per heavy atom. The minimum atomic E-state index is -0.565. The van der Waals surface area contributed by atoms with Gasteiger partial charge in [0.25, 0.3) is 0 Å². The molecule has 0 radical (unpaired) electrons. The number of amides is 1. The van der Waals surface area contributed by atoms with Gasteiger partial charge in [0, 0.05) is 25.4 Å². The van der Waals surface area contributed by atoms with E-state index >= 15 is 0 Å². The zero-order valence-electron chi connectivity index (χ0n) is 22.2. The number of aliphatic hydroxyl groups excluding tert-OH is 1. The fraction of sp³-hybridized carbons (Fsp3) is 0.276. The minimum absolute atomic E-state index is 0.0415. The molecule has 4 rings (SSSR count). The highest BCUT2D eigenvalue weighted by molar-refractivity contribution is 6.11. The van der Waals surface area contributed by atoms with Gasteiger partial charge in [-0.05, 0) is 47.9 Å². The third kappa shape index (κ3) is 6.66. The van der Waals surface area contributed by atoms with Gasteiger partial charge in [-0.3, -0.25) is 4.79 Å². The van der Waals surface area contributed by atoms with Crippen LogP contribution >= 0.6 is 0 Å². The van der Waals surface area contributed by atoms with Crippen LogP contribution in [0.2, 0.25) is 0 Å². The lowest BCUT2D eigenvalue weighted by Crippen LogP contribution is -2.16. The third-order valence-corrected chi connectivity index (χ3v) is 6.14. The summed E-state index contributed by atoms with van der Waals surface area (Å²) in [5.41, 5.74) is 3.95. The molecule has 0 fully saturated rings. The standard InChI is InChI=1S/C29H32N4O6/c1-19(35)32-26-25-16-22(30-17-21-6-10-24(11-7-21)39-15-14-34)18-31-28(25)33(27(26)29(36)38-3)13-12-20-4-8-23(37-2)9-5-20/h4-11,16,18,30,34H,12-15,17H2,1-3H3,(H,32,35). The number of methoxy groups -OCH3 is 2. The van der Waals surface area contributed by atoms with Gasteiger partial charge >= 0.3 is 5.97 Å². The Morgan fingerprint density at radius 3 is 2.33 bits per heavy atom. The summed E-state index contributed by atoms with van der Waals surface area (Å²) in [7, 11) is 2.93. The second kappa shape index (κ2) is 12.8. The van der Waals surface area contributed by atoms with Gasteiger partial charge in [0.05, 0.1) is 38.4 Å². The molecule has 10 nitrogen and oxygen atoms in total. The molecule has 0 unspecified atom stereocenters. The number of carbonyl (C=O) groups is 2.